The highest BCUT2D eigenvalue weighted by Gasteiger charge is 2.50. The molecule has 5 nitrogen and oxygen atoms in total. The highest BCUT2D eigenvalue weighted by molar-refractivity contribution is 5.87. The van der Waals surface area contributed by atoms with Crippen molar-refractivity contribution in [3.63, 3.8) is 0 Å². The van der Waals surface area contributed by atoms with Gasteiger partial charge in [-0.25, -0.2) is 4.68 Å². The summed E-state index contributed by atoms with van der Waals surface area (Å²) in [6, 6.07) is 10.5. The molecule has 1 aromatic carbocycles. The molecule has 2 saturated heterocycles. The lowest BCUT2D eigenvalue weighted by Crippen LogP contribution is -2.59. The van der Waals surface area contributed by atoms with Crippen LogP contribution in [0.15, 0.2) is 42.7 Å². The molecule has 3 heterocycles. The van der Waals surface area contributed by atoms with Crippen LogP contribution in [0.25, 0.3) is 5.69 Å². The van der Waals surface area contributed by atoms with Crippen LogP contribution in [0, 0.1) is 0 Å². The number of aromatic nitrogens is 2. The van der Waals surface area contributed by atoms with Crippen LogP contribution >= 0.6 is 0 Å². The molecule has 2 aliphatic rings. The van der Waals surface area contributed by atoms with Crippen LogP contribution in [0.3, 0.4) is 0 Å². The third kappa shape index (κ3) is 3.05. The summed E-state index contributed by atoms with van der Waals surface area (Å²) in [6.45, 7) is 5.85. The fourth-order valence-electron chi connectivity index (χ4n) is 4.63. The maximum Gasteiger partial charge on any atom is 0.243 e. The first-order chi connectivity index (χ1) is 12.7. The first kappa shape index (κ1) is 17.3. The lowest BCUT2D eigenvalue weighted by molar-refractivity contribution is -0.147. The second kappa shape index (κ2) is 7.23. The predicted octanol–water partition coefficient (Wildman–Crippen LogP) is 3.24. The van der Waals surface area contributed by atoms with Gasteiger partial charge in [-0.1, -0.05) is 19.1 Å². The summed E-state index contributed by atoms with van der Waals surface area (Å²) < 4.78 is 1.87. The molecule has 2 aliphatic heterocycles. The van der Waals surface area contributed by atoms with Crippen molar-refractivity contribution in [2.45, 2.75) is 51.1 Å². The molecule has 2 aromatic rings. The van der Waals surface area contributed by atoms with E-state index in [4.69, 9.17) is 0 Å². The molecular formula is C21H28N4O. The van der Waals surface area contributed by atoms with Gasteiger partial charge in [-0.3, -0.25) is 9.69 Å². The number of benzene rings is 1. The highest BCUT2D eigenvalue weighted by Crippen LogP contribution is 2.39. The zero-order chi connectivity index (χ0) is 18.0. The van der Waals surface area contributed by atoms with E-state index in [0.717, 1.165) is 64.0 Å². The summed E-state index contributed by atoms with van der Waals surface area (Å²) in [7, 11) is 0. The largest absolute Gasteiger partial charge is 0.341 e. The molecule has 1 unspecified atom stereocenters. The fraction of sp³-hybridized carbons (Fsp3) is 0.524. The third-order valence-corrected chi connectivity index (χ3v) is 5.90. The Labute approximate surface area is 155 Å². The summed E-state index contributed by atoms with van der Waals surface area (Å²) in [4.78, 5) is 17.8. The molecule has 26 heavy (non-hydrogen) atoms. The molecule has 0 N–H and O–H groups in total. The van der Waals surface area contributed by atoms with Gasteiger partial charge in [0.1, 0.15) is 5.54 Å². The average molecular weight is 352 g/mol. The van der Waals surface area contributed by atoms with Gasteiger partial charge in [0.15, 0.2) is 0 Å². The Morgan fingerprint density at radius 3 is 2.58 bits per heavy atom. The second-order valence-electron chi connectivity index (χ2n) is 7.57. The van der Waals surface area contributed by atoms with E-state index in [0.29, 0.717) is 5.91 Å². The molecule has 1 amide bonds. The van der Waals surface area contributed by atoms with Crippen LogP contribution in [-0.4, -0.2) is 50.7 Å². The van der Waals surface area contributed by atoms with E-state index < -0.39 is 0 Å². The van der Waals surface area contributed by atoms with E-state index in [2.05, 4.69) is 46.1 Å². The number of amides is 1. The molecule has 4 rings (SSSR count). The molecule has 1 spiro atoms. The zero-order valence-corrected chi connectivity index (χ0v) is 15.6. The van der Waals surface area contributed by atoms with Gasteiger partial charge in [-0.15, -0.1) is 0 Å². The van der Waals surface area contributed by atoms with Crippen molar-refractivity contribution in [3.8, 4) is 5.69 Å². The van der Waals surface area contributed by atoms with E-state index >= 15 is 0 Å². The maximum atomic E-state index is 13.2. The minimum Gasteiger partial charge on any atom is -0.341 e. The number of hydrogen-bond donors (Lipinski definition) is 0. The minimum absolute atomic E-state index is 0.256. The van der Waals surface area contributed by atoms with Crippen LogP contribution in [-0.2, 0) is 11.3 Å². The van der Waals surface area contributed by atoms with E-state index in [1.54, 1.807) is 6.20 Å². The molecular weight excluding hydrogens is 324 g/mol. The predicted molar refractivity (Wildman–Crippen MR) is 102 cm³/mol. The Kier molecular flexibility index (Phi) is 4.81. The normalized spacial score (nSPS) is 23.9. The quantitative estimate of drug-likeness (QED) is 0.829. The van der Waals surface area contributed by atoms with Gasteiger partial charge in [0.2, 0.25) is 5.91 Å². The van der Waals surface area contributed by atoms with Gasteiger partial charge in [-0.2, -0.15) is 5.10 Å². The average Bonchev–Trinajstić information content (AvgIpc) is 3.31. The van der Waals surface area contributed by atoms with Crippen LogP contribution < -0.4 is 0 Å². The van der Waals surface area contributed by atoms with E-state index in [1.165, 1.54) is 5.56 Å². The molecule has 138 valence electrons. The minimum atomic E-state index is -0.256. The monoisotopic (exact) mass is 352 g/mol. The number of nitrogens with zero attached hydrogens (tertiary/aromatic N) is 4. The summed E-state index contributed by atoms with van der Waals surface area (Å²) >= 11 is 0. The summed E-state index contributed by atoms with van der Waals surface area (Å²) in [5.74, 6) is 0.372. The van der Waals surface area contributed by atoms with Crippen molar-refractivity contribution in [2.75, 3.05) is 19.6 Å². The van der Waals surface area contributed by atoms with Gasteiger partial charge in [0.05, 0.1) is 5.69 Å². The zero-order valence-electron chi connectivity index (χ0n) is 15.6. The first-order valence-corrected chi connectivity index (χ1v) is 9.86. The van der Waals surface area contributed by atoms with Crippen LogP contribution in [0.4, 0.5) is 0 Å². The molecule has 2 fully saturated rings. The van der Waals surface area contributed by atoms with Crippen molar-refractivity contribution < 1.29 is 4.79 Å². The SMILES string of the molecule is CCCN1CCCC2(CCCN2Cc2ccc(-n3cccn3)cc2)C1=O. The lowest BCUT2D eigenvalue weighted by Gasteiger charge is -2.44. The number of rotatable bonds is 5. The molecule has 0 bridgehead atoms. The molecule has 0 saturated carbocycles. The Morgan fingerprint density at radius 1 is 1.12 bits per heavy atom. The van der Waals surface area contributed by atoms with Gasteiger partial charge >= 0.3 is 0 Å². The van der Waals surface area contributed by atoms with Crippen LogP contribution in [0.2, 0.25) is 0 Å². The molecule has 0 aliphatic carbocycles. The number of carbonyl (C=O) groups is 1. The van der Waals surface area contributed by atoms with Crippen molar-refractivity contribution in [1.82, 2.24) is 19.6 Å². The first-order valence-electron chi connectivity index (χ1n) is 9.86. The number of piperidine rings is 1. The molecule has 5 heteroatoms. The van der Waals surface area contributed by atoms with E-state index in [1.807, 2.05) is 16.9 Å². The van der Waals surface area contributed by atoms with Crippen LogP contribution in [0.5, 0.6) is 0 Å². The molecule has 0 radical (unpaired) electrons. The summed E-state index contributed by atoms with van der Waals surface area (Å²) in [5.41, 5.74) is 2.08. The highest BCUT2D eigenvalue weighted by atomic mass is 16.2. The van der Waals surface area contributed by atoms with Crippen molar-refractivity contribution in [3.05, 3.63) is 48.3 Å². The number of likely N-dealkylation sites (tertiary alicyclic amines) is 2. The Hall–Kier alpha value is -2.14. The van der Waals surface area contributed by atoms with Crippen LogP contribution in [0.1, 0.15) is 44.6 Å². The van der Waals surface area contributed by atoms with Gasteiger partial charge in [0.25, 0.3) is 0 Å². The maximum absolute atomic E-state index is 13.2. The fourth-order valence-corrected chi connectivity index (χ4v) is 4.63. The van der Waals surface area contributed by atoms with E-state index in [9.17, 15) is 4.79 Å². The molecule has 1 atom stereocenters. The summed E-state index contributed by atoms with van der Waals surface area (Å²) in [5, 5.41) is 4.28. The van der Waals surface area contributed by atoms with Gasteiger partial charge in [-0.05, 0) is 62.4 Å². The lowest BCUT2D eigenvalue weighted by atomic mass is 9.85. The van der Waals surface area contributed by atoms with E-state index in [-0.39, 0.29) is 5.54 Å². The smallest absolute Gasteiger partial charge is 0.243 e. The Bertz CT molecular complexity index is 738. The van der Waals surface area contributed by atoms with Gasteiger partial charge < -0.3 is 4.90 Å². The van der Waals surface area contributed by atoms with Crippen molar-refractivity contribution >= 4 is 5.91 Å². The topological polar surface area (TPSA) is 41.4 Å². The standard InChI is InChI=1S/C21H28N4O/c1-2-13-23-14-3-10-21(20(23)26)11-4-15-24(21)17-18-6-8-19(9-7-18)25-16-5-12-22-25/h5-9,12,16H,2-4,10-11,13-15,17H2,1H3. The van der Waals surface area contributed by atoms with Gasteiger partial charge in [0, 0.05) is 32.0 Å². The third-order valence-electron chi connectivity index (χ3n) is 5.90. The van der Waals surface area contributed by atoms with Crippen molar-refractivity contribution in [2.24, 2.45) is 0 Å². The Balaban J connectivity index is 1.51. The second-order valence-corrected chi connectivity index (χ2v) is 7.57. The van der Waals surface area contributed by atoms with Crippen molar-refractivity contribution in [1.29, 1.82) is 0 Å². The summed E-state index contributed by atoms with van der Waals surface area (Å²) in [6.07, 6.45) is 9.05. The number of hydrogen-bond acceptors (Lipinski definition) is 3. The molecule has 1 aromatic heterocycles. The Morgan fingerprint density at radius 2 is 1.88 bits per heavy atom. The number of carbonyl (C=O) groups excluding carboxylic acids is 1.